The lowest BCUT2D eigenvalue weighted by Crippen LogP contribution is -2.47. The van der Waals surface area contributed by atoms with Crippen LogP contribution in [0.15, 0.2) is 53.4 Å². The van der Waals surface area contributed by atoms with Crippen molar-refractivity contribution in [1.29, 1.82) is 0 Å². The van der Waals surface area contributed by atoms with Crippen molar-refractivity contribution in [2.75, 3.05) is 5.75 Å². The van der Waals surface area contributed by atoms with Crippen LogP contribution < -0.4 is 5.73 Å². The summed E-state index contributed by atoms with van der Waals surface area (Å²) in [5.74, 6) is -3.10. The normalized spacial score (nSPS) is 13.7. The molecule has 2 rings (SSSR count). The van der Waals surface area contributed by atoms with Gasteiger partial charge in [0.15, 0.2) is 11.6 Å². The van der Waals surface area contributed by atoms with Gasteiger partial charge in [-0.15, -0.1) is 11.8 Å². The number of halogens is 2. The summed E-state index contributed by atoms with van der Waals surface area (Å²) >= 11 is 1.06. The van der Waals surface area contributed by atoms with Gasteiger partial charge in [-0.25, -0.2) is 13.6 Å². The van der Waals surface area contributed by atoms with Crippen molar-refractivity contribution in [3.8, 4) is 0 Å². The first-order valence-electron chi connectivity index (χ1n) is 6.09. The smallest absolute Gasteiger partial charge is 0.329 e. The van der Waals surface area contributed by atoms with Gasteiger partial charge in [-0.1, -0.05) is 30.3 Å². The first kappa shape index (κ1) is 15.5. The minimum Gasteiger partial charge on any atom is -0.480 e. The maximum Gasteiger partial charge on any atom is 0.329 e. The number of aliphatic carboxylic acids is 1. The molecule has 0 spiro atoms. The Bertz CT molecular complexity index is 651. The van der Waals surface area contributed by atoms with E-state index in [4.69, 9.17) is 5.73 Å². The fraction of sp³-hybridized carbons (Fsp3) is 0.133. The standard InChI is InChI=1S/C15H13F2NO2S/c16-12-7-6-11(8-13(12)17)21-9-15(18,14(19)20)10-4-2-1-3-5-10/h1-8H,9,18H2,(H,19,20). The van der Waals surface area contributed by atoms with Gasteiger partial charge in [0.1, 0.15) is 5.54 Å². The molecule has 0 aliphatic heterocycles. The average Bonchev–Trinajstić information content (AvgIpc) is 2.49. The Balaban J connectivity index is 2.21. The van der Waals surface area contributed by atoms with Gasteiger partial charge in [0.25, 0.3) is 0 Å². The van der Waals surface area contributed by atoms with E-state index >= 15 is 0 Å². The van der Waals surface area contributed by atoms with Gasteiger partial charge in [-0.3, -0.25) is 0 Å². The number of carboxylic acids is 1. The van der Waals surface area contributed by atoms with E-state index in [9.17, 15) is 18.7 Å². The quantitative estimate of drug-likeness (QED) is 0.834. The highest BCUT2D eigenvalue weighted by Gasteiger charge is 2.36. The molecule has 6 heteroatoms. The van der Waals surface area contributed by atoms with Gasteiger partial charge >= 0.3 is 5.97 Å². The van der Waals surface area contributed by atoms with E-state index in [1.165, 1.54) is 6.07 Å². The molecule has 21 heavy (non-hydrogen) atoms. The first-order chi connectivity index (χ1) is 9.93. The third kappa shape index (κ3) is 3.40. The van der Waals surface area contributed by atoms with E-state index in [1.807, 2.05) is 0 Å². The zero-order chi connectivity index (χ0) is 15.5. The molecule has 3 nitrogen and oxygen atoms in total. The van der Waals surface area contributed by atoms with Crippen LogP contribution in [0.5, 0.6) is 0 Å². The highest BCUT2D eigenvalue weighted by Crippen LogP contribution is 2.29. The summed E-state index contributed by atoms with van der Waals surface area (Å²) in [5, 5.41) is 9.39. The summed E-state index contributed by atoms with van der Waals surface area (Å²) in [6.07, 6.45) is 0. The van der Waals surface area contributed by atoms with E-state index in [2.05, 4.69) is 0 Å². The van der Waals surface area contributed by atoms with E-state index < -0.39 is 23.1 Å². The molecule has 0 heterocycles. The van der Waals surface area contributed by atoms with Crippen molar-refractivity contribution in [3.05, 3.63) is 65.7 Å². The number of benzene rings is 2. The van der Waals surface area contributed by atoms with Crippen molar-refractivity contribution in [2.45, 2.75) is 10.4 Å². The van der Waals surface area contributed by atoms with Crippen molar-refractivity contribution in [3.63, 3.8) is 0 Å². The predicted molar refractivity (Wildman–Crippen MR) is 77.0 cm³/mol. The monoisotopic (exact) mass is 309 g/mol. The van der Waals surface area contributed by atoms with Gasteiger partial charge in [0, 0.05) is 10.6 Å². The molecule has 110 valence electrons. The molecule has 3 N–H and O–H groups in total. The SMILES string of the molecule is NC(CSc1ccc(F)c(F)c1)(C(=O)O)c1ccccc1. The minimum absolute atomic E-state index is 0.00256. The van der Waals surface area contributed by atoms with Crippen molar-refractivity contribution >= 4 is 17.7 Å². The lowest BCUT2D eigenvalue weighted by molar-refractivity contribution is -0.142. The fourth-order valence-electron chi connectivity index (χ4n) is 1.77. The predicted octanol–water partition coefficient (Wildman–Crippen LogP) is 3.00. The topological polar surface area (TPSA) is 63.3 Å². The highest BCUT2D eigenvalue weighted by molar-refractivity contribution is 7.99. The zero-order valence-electron chi connectivity index (χ0n) is 10.9. The second kappa shape index (κ2) is 6.24. The maximum absolute atomic E-state index is 13.1. The van der Waals surface area contributed by atoms with E-state index in [0.29, 0.717) is 10.5 Å². The number of carboxylic acid groups (broad SMARTS) is 1. The molecule has 0 saturated heterocycles. The Morgan fingerprint density at radius 3 is 2.38 bits per heavy atom. The Labute approximate surface area is 124 Å². The molecular formula is C15H13F2NO2S. The number of hydrogen-bond donors (Lipinski definition) is 2. The first-order valence-corrected chi connectivity index (χ1v) is 7.08. The lowest BCUT2D eigenvalue weighted by atomic mass is 9.93. The summed E-state index contributed by atoms with van der Waals surface area (Å²) in [5.41, 5.74) is 4.84. The molecule has 0 bridgehead atoms. The second-order valence-electron chi connectivity index (χ2n) is 4.51. The molecular weight excluding hydrogens is 296 g/mol. The molecule has 0 aliphatic carbocycles. The molecule has 2 aromatic rings. The van der Waals surface area contributed by atoms with Gasteiger partial charge in [-0.05, 0) is 23.8 Å². The van der Waals surface area contributed by atoms with Crippen LogP contribution in [-0.4, -0.2) is 16.8 Å². The van der Waals surface area contributed by atoms with Crippen LogP contribution in [0.25, 0.3) is 0 Å². The number of rotatable bonds is 5. The number of thioether (sulfide) groups is 1. The highest BCUT2D eigenvalue weighted by atomic mass is 32.2. The maximum atomic E-state index is 13.1. The summed E-state index contributed by atoms with van der Waals surface area (Å²) in [4.78, 5) is 11.9. The van der Waals surface area contributed by atoms with Crippen LogP contribution in [0, 0.1) is 11.6 Å². The molecule has 0 fully saturated rings. The minimum atomic E-state index is -1.60. The van der Waals surface area contributed by atoms with Crippen LogP contribution in [-0.2, 0) is 10.3 Å². The van der Waals surface area contributed by atoms with Crippen LogP contribution in [0.3, 0.4) is 0 Å². The molecule has 0 amide bonds. The van der Waals surface area contributed by atoms with E-state index in [1.54, 1.807) is 30.3 Å². The molecule has 0 saturated carbocycles. The van der Waals surface area contributed by atoms with Gasteiger partial charge in [-0.2, -0.15) is 0 Å². The average molecular weight is 309 g/mol. The number of hydrogen-bond acceptors (Lipinski definition) is 3. The molecule has 1 atom stereocenters. The Hall–Kier alpha value is -1.92. The van der Waals surface area contributed by atoms with Crippen LogP contribution in [0.1, 0.15) is 5.56 Å². The summed E-state index contributed by atoms with van der Waals surface area (Å²) in [6, 6.07) is 11.8. The van der Waals surface area contributed by atoms with Gasteiger partial charge < -0.3 is 10.8 Å². The Morgan fingerprint density at radius 2 is 1.81 bits per heavy atom. The lowest BCUT2D eigenvalue weighted by Gasteiger charge is -2.24. The molecule has 0 radical (unpaired) electrons. The molecule has 2 aromatic carbocycles. The van der Waals surface area contributed by atoms with Crippen molar-refractivity contribution < 1.29 is 18.7 Å². The Kier molecular flexibility index (Phi) is 4.59. The number of nitrogens with two attached hydrogens (primary N) is 1. The van der Waals surface area contributed by atoms with Crippen LogP contribution >= 0.6 is 11.8 Å². The summed E-state index contributed by atoms with van der Waals surface area (Å²) in [7, 11) is 0. The third-order valence-electron chi connectivity index (χ3n) is 3.03. The number of carbonyl (C=O) groups is 1. The van der Waals surface area contributed by atoms with E-state index in [-0.39, 0.29) is 5.75 Å². The molecule has 1 unspecified atom stereocenters. The third-order valence-corrected chi connectivity index (χ3v) is 4.22. The van der Waals surface area contributed by atoms with Crippen molar-refractivity contribution in [2.24, 2.45) is 5.73 Å². The van der Waals surface area contributed by atoms with Crippen molar-refractivity contribution in [1.82, 2.24) is 0 Å². The second-order valence-corrected chi connectivity index (χ2v) is 5.56. The summed E-state index contributed by atoms with van der Waals surface area (Å²) < 4.78 is 26.0. The Morgan fingerprint density at radius 1 is 1.14 bits per heavy atom. The summed E-state index contributed by atoms with van der Waals surface area (Å²) in [6.45, 7) is 0. The zero-order valence-corrected chi connectivity index (χ0v) is 11.7. The van der Waals surface area contributed by atoms with E-state index in [0.717, 1.165) is 23.9 Å². The fourth-order valence-corrected chi connectivity index (χ4v) is 2.80. The van der Waals surface area contributed by atoms with Crippen LogP contribution in [0.2, 0.25) is 0 Å². The van der Waals surface area contributed by atoms with Gasteiger partial charge in [0.05, 0.1) is 0 Å². The van der Waals surface area contributed by atoms with Gasteiger partial charge in [0.2, 0.25) is 0 Å². The molecule has 0 aliphatic rings. The van der Waals surface area contributed by atoms with Crippen LogP contribution in [0.4, 0.5) is 8.78 Å². The largest absolute Gasteiger partial charge is 0.480 e. The molecule has 0 aromatic heterocycles.